The van der Waals surface area contributed by atoms with Crippen molar-refractivity contribution in [2.24, 2.45) is 0 Å². The maximum atomic E-state index is 10.8. The third kappa shape index (κ3) is 3.93. The van der Waals surface area contributed by atoms with Crippen molar-refractivity contribution in [3.63, 3.8) is 0 Å². The second-order valence-corrected chi connectivity index (χ2v) is 2.66. The molecule has 4 heteroatoms. The number of rotatable bonds is 2. The molecule has 12 heavy (non-hydrogen) atoms. The highest BCUT2D eigenvalue weighted by Crippen LogP contribution is 2.10. The zero-order valence-corrected chi connectivity index (χ0v) is 8.06. The molecule has 1 saturated heterocycles. The van der Waals surface area contributed by atoms with Crippen molar-refractivity contribution in [2.75, 3.05) is 13.2 Å². The maximum absolute atomic E-state index is 10.8. The van der Waals surface area contributed by atoms with Crippen molar-refractivity contribution in [1.82, 2.24) is 0 Å². The Labute approximate surface area is 78.8 Å². The van der Waals surface area contributed by atoms with Gasteiger partial charge < -0.3 is 9.47 Å². The highest BCUT2D eigenvalue weighted by molar-refractivity contribution is 5.85. The molecule has 0 aromatic heterocycles. The first-order chi connectivity index (χ1) is 5.33. The molecule has 0 aliphatic carbocycles. The van der Waals surface area contributed by atoms with Crippen molar-refractivity contribution in [2.45, 2.75) is 32.3 Å². The minimum absolute atomic E-state index is 0. The van der Waals surface area contributed by atoms with Crippen LogP contribution < -0.4 is 0 Å². The van der Waals surface area contributed by atoms with Gasteiger partial charge in [0.2, 0.25) is 0 Å². The van der Waals surface area contributed by atoms with Crippen molar-refractivity contribution in [1.29, 1.82) is 0 Å². The third-order valence-electron chi connectivity index (χ3n) is 1.76. The van der Waals surface area contributed by atoms with E-state index in [-0.39, 0.29) is 24.5 Å². The summed E-state index contributed by atoms with van der Waals surface area (Å²) in [6.07, 6.45) is 2.28. The molecule has 1 aliphatic rings. The Bertz CT molecular complexity index is 132. The van der Waals surface area contributed by atoms with Crippen LogP contribution in [-0.2, 0) is 14.3 Å². The van der Waals surface area contributed by atoms with Crippen LogP contribution in [-0.4, -0.2) is 25.3 Å². The van der Waals surface area contributed by atoms with E-state index in [4.69, 9.17) is 9.47 Å². The molecule has 0 unspecified atom stereocenters. The van der Waals surface area contributed by atoms with Gasteiger partial charge >= 0.3 is 5.97 Å². The number of hydrogen-bond donors (Lipinski definition) is 0. The molecule has 1 heterocycles. The summed E-state index contributed by atoms with van der Waals surface area (Å²) in [6, 6.07) is 0. The van der Waals surface area contributed by atoms with Gasteiger partial charge in [-0.2, -0.15) is 0 Å². The van der Waals surface area contributed by atoms with Crippen molar-refractivity contribution >= 4 is 18.4 Å². The van der Waals surface area contributed by atoms with E-state index >= 15 is 0 Å². The van der Waals surface area contributed by atoms with Gasteiger partial charge in [-0.25, -0.2) is 0 Å². The predicted molar refractivity (Wildman–Crippen MR) is 47.5 cm³/mol. The lowest BCUT2D eigenvalue weighted by atomic mass is 10.1. The molecule has 0 aromatic rings. The van der Waals surface area contributed by atoms with Gasteiger partial charge in [-0.3, -0.25) is 4.79 Å². The highest BCUT2D eigenvalue weighted by atomic mass is 35.5. The molecular weight excluding hydrogens is 180 g/mol. The summed E-state index contributed by atoms with van der Waals surface area (Å²) in [7, 11) is 0. The number of hydrogen-bond acceptors (Lipinski definition) is 3. The number of esters is 1. The zero-order chi connectivity index (χ0) is 8.10. The molecule has 0 radical (unpaired) electrons. The van der Waals surface area contributed by atoms with Gasteiger partial charge in [0.05, 0.1) is 13.2 Å². The molecule has 0 bridgehead atoms. The Balaban J connectivity index is 0.00000121. The number of carbonyl (C=O) groups is 1. The lowest BCUT2D eigenvalue weighted by molar-refractivity contribution is -0.152. The van der Waals surface area contributed by atoms with Gasteiger partial charge in [-0.1, -0.05) is 6.92 Å². The minimum atomic E-state index is -0.100. The van der Waals surface area contributed by atoms with Crippen LogP contribution in [0.2, 0.25) is 0 Å². The molecule has 0 saturated carbocycles. The predicted octanol–water partition coefficient (Wildman–Crippen LogP) is 1.54. The van der Waals surface area contributed by atoms with E-state index in [2.05, 4.69) is 0 Å². The van der Waals surface area contributed by atoms with Crippen LogP contribution in [0.25, 0.3) is 0 Å². The SMILES string of the molecule is CCC(=O)OC1CCOCC1.Cl. The molecule has 1 rings (SSSR count). The normalized spacial score (nSPS) is 18.1. The molecule has 0 spiro atoms. The van der Waals surface area contributed by atoms with Gasteiger partial charge in [0, 0.05) is 19.3 Å². The van der Waals surface area contributed by atoms with Gasteiger partial charge in [-0.05, 0) is 0 Å². The first-order valence-corrected chi connectivity index (χ1v) is 4.10. The zero-order valence-electron chi connectivity index (χ0n) is 7.25. The maximum Gasteiger partial charge on any atom is 0.305 e. The van der Waals surface area contributed by atoms with Gasteiger partial charge in [0.15, 0.2) is 0 Å². The van der Waals surface area contributed by atoms with Crippen LogP contribution in [0.15, 0.2) is 0 Å². The molecule has 0 amide bonds. The summed E-state index contributed by atoms with van der Waals surface area (Å²) < 4.78 is 10.2. The summed E-state index contributed by atoms with van der Waals surface area (Å²) >= 11 is 0. The summed E-state index contributed by atoms with van der Waals surface area (Å²) in [6.45, 7) is 3.25. The van der Waals surface area contributed by atoms with Crippen molar-refractivity contribution in [3.8, 4) is 0 Å². The molecule has 1 fully saturated rings. The van der Waals surface area contributed by atoms with Crippen LogP contribution in [0.3, 0.4) is 0 Å². The smallest absolute Gasteiger partial charge is 0.305 e. The average Bonchev–Trinajstić information content (AvgIpc) is 2.06. The first-order valence-electron chi connectivity index (χ1n) is 4.10. The van der Waals surface area contributed by atoms with E-state index in [0.717, 1.165) is 26.1 Å². The molecule has 0 N–H and O–H groups in total. The Morgan fingerprint density at radius 3 is 2.58 bits per heavy atom. The topological polar surface area (TPSA) is 35.5 Å². The molecule has 3 nitrogen and oxygen atoms in total. The monoisotopic (exact) mass is 194 g/mol. The van der Waals surface area contributed by atoms with Crippen LogP contribution in [0.1, 0.15) is 26.2 Å². The Hall–Kier alpha value is -0.280. The summed E-state index contributed by atoms with van der Waals surface area (Å²) in [5.74, 6) is -0.100. The van der Waals surface area contributed by atoms with Crippen LogP contribution in [0.5, 0.6) is 0 Å². The van der Waals surface area contributed by atoms with E-state index in [1.807, 2.05) is 6.92 Å². The van der Waals surface area contributed by atoms with Gasteiger partial charge in [0.25, 0.3) is 0 Å². The van der Waals surface area contributed by atoms with E-state index in [1.54, 1.807) is 0 Å². The molecule has 0 atom stereocenters. The second-order valence-electron chi connectivity index (χ2n) is 2.66. The second kappa shape index (κ2) is 6.26. The van der Waals surface area contributed by atoms with Crippen molar-refractivity contribution in [3.05, 3.63) is 0 Å². The van der Waals surface area contributed by atoms with Gasteiger partial charge in [-0.15, -0.1) is 12.4 Å². The van der Waals surface area contributed by atoms with Crippen LogP contribution in [0, 0.1) is 0 Å². The first kappa shape index (κ1) is 11.7. The fourth-order valence-electron chi connectivity index (χ4n) is 1.06. The van der Waals surface area contributed by atoms with E-state index in [9.17, 15) is 4.79 Å². The third-order valence-corrected chi connectivity index (χ3v) is 1.76. The standard InChI is InChI=1S/C8H14O3.ClH/c1-2-8(9)11-7-3-5-10-6-4-7;/h7H,2-6H2,1H3;1H. The van der Waals surface area contributed by atoms with E-state index in [0.29, 0.717) is 6.42 Å². The fourth-order valence-corrected chi connectivity index (χ4v) is 1.06. The molecule has 0 aromatic carbocycles. The van der Waals surface area contributed by atoms with E-state index in [1.165, 1.54) is 0 Å². The largest absolute Gasteiger partial charge is 0.462 e. The Kier molecular flexibility index (Phi) is 6.11. The Morgan fingerprint density at radius 2 is 2.08 bits per heavy atom. The lowest BCUT2D eigenvalue weighted by Gasteiger charge is -2.21. The summed E-state index contributed by atoms with van der Waals surface area (Å²) in [5, 5.41) is 0. The van der Waals surface area contributed by atoms with Crippen LogP contribution >= 0.6 is 12.4 Å². The van der Waals surface area contributed by atoms with Gasteiger partial charge in [0.1, 0.15) is 6.10 Å². The highest BCUT2D eigenvalue weighted by Gasteiger charge is 2.16. The quantitative estimate of drug-likeness (QED) is 0.626. The van der Waals surface area contributed by atoms with E-state index < -0.39 is 0 Å². The molecule has 1 aliphatic heterocycles. The summed E-state index contributed by atoms with van der Waals surface area (Å²) in [4.78, 5) is 10.8. The van der Waals surface area contributed by atoms with Crippen LogP contribution in [0.4, 0.5) is 0 Å². The molecular formula is C8H15ClO3. The summed E-state index contributed by atoms with van der Waals surface area (Å²) in [5.41, 5.74) is 0. The number of halogens is 1. The average molecular weight is 195 g/mol. The molecule has 72 valence electrons. The fraction of sp³-hybridized carbons (Fsp3) is 0.875. The minimum Gasteiger partial charge on any atom is -0.462 e. The number of carbonyl (C=O) groups excluding carboxylic acids is 1. The lowest BCUT2D eigenvalue weighted by Crippen LogP contribution is -2.25. The van der Waals surface area contributed by atoms with Crippen molar-refractivity contribution < 1.29 is 14.3 Å². The number of ether oxygens (including phenoxy) is 2. The Morgan fingerprint density at radius 1 is 1.50 bits per heavy atom.